The molecule has 0 amide bonds. The predicted octanol–water partition coefficient (Wildman–Crippen LogP) is 4.36. The molecule has 0 spiro atoms. The fraction of sp³-hybridized carbons (Fsp3) is 0.647. The molecule has 1 N–H and O–H groups in total. The summed E-state index contributed by atoms with van der Waals surface area (Å²) in [6.07, 6.45) is 4.55. The van der Waals surface area contributed by atoms with Crippen molar-refractivity contribution in [2.24, 2.45) is 17.8 Å². The Labute approximate surface area is 119 Å². The minimum absolute atomic E-state index is 0.164. The molecule has 0 aromatic heterocycles. The molecule has 0 heterocycles. The molecule has 3 heteroatoms. The van der Waals surface area contributed by atoms with Crippen LogP contribution in [0, 0.1) is 36.3 Å². The molecule has 1 nitrogen and oxygen atoms in total. The average Bonchev–Trinajstić information content (AvgIpc) is 3.05. The van der Waals surface area contributed by atoms with Gasteiger partial charge in [0.2, 0.25) is 0 Å². The molecule has 2 aliphatic rings. The molecule has 3 rings (SSSR count). The predicted molar refractivity (Wildman–Crippen MR) is 76.5 cm³/mol. The second-order valence-electron chi connectivity index (χ2n) is 6.51. The first-order chi connectivity index (χ1) is 9.61. The molecule has 2 aliphatic carbocycles. The Morgan fingerprint density at radius 1 is 1.20 bits per heavy atom. The minimum Gasteiger partial charge on any atom is -0.310 e. The largest absolute Gasteiger partial charge is 0.310 e. The summed E-state index contributed by atoms with van der Waals surface area (Å²) in [5.41, 5.74) is 0.803. The van der Waals surface area contributed by atoms with Gasteiger partial charge in [-0.1, -0.05) is 13.0 Å². The minimum atomic E-state index is -0.401. The van der Waals surface area contributed by atoms with Gasteiger partial charge in [-0.3, -0.25) is 0 Å². The molecule has 3 atom stereocenters. The van der Waals surface area contributed by atoms with Crippen molar-refractivity contribution < 1.29 is 8.78 Å². The van der Waals surface area contributed by atoms with Crippen molar-refractivity contribution in [3.8, 4) is 0 Å². The average molecular weight is 279 g/mol. The molecule has 3 unspecified atom stereocenters. The van der Waals surface area contributed by atoms with Gasteiger partial charge in [0.05, 0.1) is 0 Å². The number of halogens is 2. The summed E-state index contributed by atoms with van der Waals surface area (Å²) in [4.78, 5) is 0. The summed E-state index contributed by atoms with van der Waals surface area (Å²) < 4.78 is 28.6. The first-order valence-electron chi connectivity index (χ1n) is 7.79. The number of nitrogens with one attached hydrogen (secondary N) is 1. The van der Waals surface area contributed by atoms with Crippen molar-refractivity contribution in [3.05, 3.63) is 34.9 Å². The molecular weight excluding hydrogens is 256 g/mol. The van der Waals surface area contributed by atoms with Gasteiger partial charge in [-0.25, -0.2) is 8.78 Å². The third-order valence-corrected chi connectivity index (χ3v) is 5.00. The third-order valence-electron chi connectivity index (χ3n) is 5.00. The molecule has 0 bridgehead atoms. The van der Waals surface area contributed by atoms with Crippen LogP contribution in [0.3, 0.4) is 0 Å². The van der Waals surface area contributed by atoms with Gasteiger partial charge in [0.1, 0.15) is 11.6 Å². The van der Waals surface area contributed by atoms with Crippen LogP contribution in [0.4, 0.5) is 8.78 Å². The zero-order chi connectivity index (χ0) is 14.3. The highest BCUT2D eigenvalue weighted by atomic mass is 19.1. The first kappa shape index (κ1) is 14.0. The molecule has 1 aromatic carbocycles. The van der Waals surface area contributed by atoms with E-state index in [-0.39, 0.29) is 17.4 Å². The zero-order valence-corrected chi connectivity index (χ0v) is 12.3. The van der Waals surface area contributed by atoms with Crippen LogP contribution in [0.25, 0.3) is 0 Å². The van der Waals surface area contributed by atoms with Crippen LogP contribution in [0.2, 0.25) is 0 Å². The van der Waals surface area contributed by atoms with E-state index in [2.05, 4.69) is 12.2 Å². The molecule has 0 saturated heterocycles. The maximum Gasteiger partial charge on any atom is 0.133 e. The fourth-order valence-corrected chi connectivity index (χ4v) is 3.80. The lowest BCUT2D eigenvalue weighted by molar-refractivity contribution is 0.323. The van der Waals surface area contributed by atoms with Gasteiger partial charge in [-0.05, 0) is 68.5 Å². The van der Waals surface area contributed by atoms with Gasteiger partial charge in [0, 0.05) is 11.6 Å². The number of fused-ring (bicyclic) bond motifs is 1. The van der Waals surface area contributed by atoms with Gasteiger partial charge in [-0.2, -0.15) is 0 Å². The van der Waals surface area contributed by atoms with Crippen LogP contribution in [-0.2, 0) is 0 Å². The summed E-state index contributed by atoms with van der Waals surface area (Å²) in [5.74, 6) is 1.27. The molecular formula is C17H23F2N. The Hall–Kier alpha value is -0.960. The lowest BCUT2D eigenvalue weighted by Gasteiger charge is -2.27. The second kappa shape index (κ2) is 5.44. The van der Waals surface area contributed by atoms with Gasteiger partial charge in [-0.15, -0.1) is 0 Å². The van der Waals surface area contributed by atoms with Crippen molar-refractivity contribution in [2.45, 2.75) is 45.6 Å². The number of hydrogen-bond donors (Lipinski definition) is 1. The standard InChI is InChI=1S/C17H23F2N/c1-3-6-20-17(13-8-11-7-12(11)9-13)15-14(18)5-4-10(2)16(15)19/h4-5,11-13,17,20H,3,6-9H2,1-2H3. The second-order valence-corrected chi connectivity index (χ2v) is 6.51. The van der Waals surface area contributed by atoms with E-state index < -0.39 is 5.82 Å². The van der Waals surface area contributed by atoms with E-state index in [0.717, 1.165) is 37.6 Å². The van der Waals surface area contributed by atoms with E-state index in [9.17, 15) is 8.78 Å². The smallest absolute Gasteiger partial charge is 0.133 e. The van der Waals surface area contributed by atoms with Gasteiger partial charge < -0.3 is 5.32 Å². The van der Waals surface area contributed by atoms with E-state index in [0.29, 0.717) is 11.5 Å². The highest BCUT2D eigenvalue weighted by Gasteiger charge is 2.48. The maximum absolute atomic E-state index is 14.4. The van der Waals surface area contributed by atoms with Gasteiger partial charge >= 0.3 is 0 Å². The van der Waals surface area contributed by atoms with E-state index in [1.165, 1.54) is 18.6 Å². The van der Waals surface area contributed by atoms with Gasteiger partial charge in [0.25, 0.3) is 0 Å². The third kappa shape index (κ3) is 2.48. The maximum atomic E-state index is 14.4. The summed E-state index contributed by atoms with van der Waals surface area (Å²) >= 11 is 0. The zero-order valence-electron chi connectivity index (χ0n) is 12.3. The Balaban J connectivity index is 1.90. The number of benzene rings is 1. The SMILES string of the molecule is CCCNC(c1c(F)ccc(C)c1F)C1CC2CC2C1. The number of hydrogen-bond acceptors (Lipinski definition) is 1. The monoisotopic (exact) mass is 279 g/mol. The lowest BCUT2D eigenvalue weighted by Crippen LogP contribution is -2.30. The van der Waals surface area contributed by atoms with Crippen LogP contribution < -0.4 is 5.32 Å². The molecule has 0 aliphatic heterocycles. The van der Waals surface area contributed by atoms with E-state index in [1.807, 2.05) is 0 Å². The Kier molecular flexibility index (Phi) is 3.80. The first-order valence-corrected chi connectivity index (χ1v) is 7.79. The molecule has 110 valence electrons. The molecule has 20 heavy (non-hydrogen) atoms. The summed E-state index contributed by atoms with van der Waals surface area (Å²) in [7, 11) is 0. The molecule has 1 aromatic rings. The Bertz CT molecular complexity index is 490. The molecule has 2 fully saturated rings. The van der Waals surface area contributed by atoms with Crippen LogP contribution in [0.15, 0.2) is 12.1 Å². The molecule has 0 radical (unpaired) electrons. The lowest BCUT2D eigenvalue weighted by atomic mass is 9.87. The summed E-state index contributed by atoms with van der Waals surface area (Å²) in [6.45, 7) is 4.60. The van der Waals surface area contributed by atoms with E-state index in [4.69, 9.17) is 0 Å². The normalized spacial score (nSPS) is 29.3. The van der Waals surface area contributed by atoms with Crippen molar-refractivity contribution >= 4 is 0 Å². The van der Waals surface area contributed by atoms with E-state index >= 15 is 0 Å². The van der Waals surface area contributed by atoms with Crippen molar-refractivity contribution in [3.63, 3.8) is 0 Å². The quantitative estimate of drug-likeness (QED) is 0.844. The number of rotatable bonds is 5. The Morgan fingerprint density at radius 3 is 2.55 bits per heavy atom. The number of aryl methyl sites for hydroxylation is 1. The summed E-state index contributed by atoms with van der Waals surface area (Å²) in [6, 6.07) is 2.77. The topological polar surface area (TPSA) is 12.0 Å². The van der Waals surface area contributed by atoms with Crippen LogP contribution in [0.1, 0.15) is 49.8 Å². The van der Waals surface area contributed by atoms with Crippen molar-refractivity contribution in [1.82, 2.24) is 5.32 Å². The highest BCUT2D eigenvalue weighted by Crippen LogP contribution is 2.57. The fourth-order valence-electron chi connectivity index (χ4n) is 3.80. The van der Waals surface area contributed by atoms with Crippen molar-refractivity contribution in [1.29, 1.82) is 0 Å². The molecule has 2 saturated carbocycles. The van der Waals surface area contributed by atoms with Gasteiger partial charge in [0.15, 0.2) is 0 Å². The highest BCUT2D eigenvalue weighted by molar-refractivity contribution is 5.30. The van der Waals surface area contributed by atoms with Crippen LogP contribution in [-0.4, -0.2) is 6.54 Å². The Morgan fingerprint density at radius 2 is 1.90 bits per heavy atom. The van der Waals surface area contributed by atoms with Crippen LogP contribution in [0.5, 0.6) is 0 Å². The summed E-state index contributed by atoms with van der Waals surface area (Å²) in [5, 5.41) is 3.40. The van der Waals surface area contributed by atoms with Crippen LogP contribution >= 0.6 is 0 Å². The van der Waals surface area contributed by atoms with Crippen molar-refractivity contribution in [2.75, 3.05) is 6.54 Å². The van der Waals surface area contributed by atoms with E-state index in [1.54, 1.807) is 6.92 Å².